The number of anilines is 2. The van der Waals surface area contributed by atoms with Crippen molar-refractivity contribution in [3.63, 3.8) is 0 Å². The maximum Gasteiger partial charge on any atom is 0.233 e. The number of carbonyl (C=O) groups excluding carboxylic acids is 2. The van der Waals surface area contributed by atoms with E-state index in [0.717, 1.165) is 0 Å². The molecule has 114 valence electrons. The fourth-order valence-corrected chi connectivity index (χ4v) is 2.25. The maximum atomic E-state index is 11.8. The van der Waals surface area contributed by atoms with Crippen molar-refractivity contribution in [2.45, 2.75) is 6.42 Å². The Labute approximate surface area is 142 Å². The predicted molar refractivity (Wildman–Crippen MR) is 89.8 cm³/mol. The summed E-state index contributed by atoms with van der Waals surface area (Å²) in [7, 11) is 0. The van der Waals surface area contributed by atoms with Crippen molar-refractivity contribution in [3.8, 4) is 0 Å². The van der Waals surface area contributed by atoms with E-state index in [4.69, 9.17) is 34.8 Å². The molecule has 7 heteroatoms. The van der Waals surface area contributed by atoms with Crippen LogP contribution in [0.3, 0.4) is 0 Å². The molecule has 0 aliphatic rings. The number of hydrogen-bond acceptors (Lipinski definition) is 2. The quantitative estimate of drug-likeness (QED) is 0.785. The van der Waals surface area contributed by atoms with Crippen molar-refractivity contribution in [1.29, 1.82) is 0 Å². The normalized spacial score (nSPS) is 10.1. The van der Waals surface area contributed by atoms with Gasteiger partial charge < -0.3 is 10.6 Å². The van der Waals surface area contributed by atoms with Gasteiger partial charge in [-0.05, 0) is 42.5 Å². The van der Waals surface area contributed by atoms with Crippen LogP contribution in [-0.4, -0.2) is 11.8 Å². The zero-order valence-electron chi connectivity index (χ0n) is 11.2. The highest BCUT2D eigenvalue weighted by molar-refractivity contribution is 6.36. The molecule has 4 nitrogen and oxygen atoms in total. The van der Waals surface area contributed by atoms with Crippen LogP contribution in [0.1, 0.15) is 6.42 Å². The van der Waals surface area contributed by atoms with E-state index in [9.17, 15) is 9.59 Å². The number of benzene rings is 2. The van der Waals surface area contributed by atoms with E-state index in [2.05, 4.69) is 10.6 Å². The van der Waals surface area contributed by atoms with Crippen molar-refractivity contribution in [2.24, 2.45) is 0 Å². The molecule has 0 fully saturated rings. The summed E-state index contributed by atoms with van der Waals surface area (Å²) < 4.78 is 0. The van der Waals surface area contributed by atoms with E-state index in [1.807, 2.05) is 0 Å². The van der Waals surface area contributed by atoms with E-state index in [1.165, 1.54) is 6.07 Å². The Morgan fingerprint density at radius 1 is 0.818 bits per heavy atom. The monoisotopic (exact) mass is 356 g/mol. The first kappa shape index (κ1) is 16.6. The summed E-state index contributed by atoms with van der Waals surface area (Å²) in [5, 5.41) is 6.48. The highest BCUT2D eigenvalue weighted by atomic mass is 35.5. The predicted octanol–water partition coefficient (Wildman–Crippen LogP) is 4.61. The van der Waals surface area contributed by atoms with Crippen LogP contribution in [0, 0.1) is 0 Å². The van der Waals surface area contributed by atoms with Gasteiger partial charge in [0, 0.05) is 15.7 Å². The Morgan fingerprint density at radius 2 is 1.41 bits per heavy atom. The van der Waals surface area contributed by atoms with Crippen LogP contribution < -0.4 is 10.6 Å². The first-order valence-electron chi connectivity index (χ1n) is 6.24. The minimum Gasteiger partial charge on any atom is -0.326 e. The Hall–Kier alpha value is -1.75. The molecular formula is C15H11Cl3N2O2. The van der Waals surface area contributed by atoms with Crippen LogP contribution in [0.15, 0.2) is 42.5 Å². The molecule has 0 unspecified atom stereocenters. The molecule has 2 aromatic carbocycles. The number of carbonyl (C=O) groups is 2. The standard InChI is InChI=1S/C15H11Cl3N2O2/c16-9-1-4-11(5-2-9)19-14(21)8-15(22)20-13-6-3-10(17)7-12(13)18/h1-7H,8H2,(H,19,21)(H,20,22). The van der Waals surface area contributed by atoms with Crippen LogP contribution in [0.2, 0.25) is 15.1 Å². The number of nitrogens with one attached hydrogen (secondary N) is 2. The van der Waals surface area contributed by atoms with Crippen LogP contribution in [0.4, 0.5) is 11.4 Å². The topological polar surface area (TPSA) is 58.2 Å². The van der Waals surface area contributed by atoms with Gasteiger partial charge >= 0.3 is 0 Å². The minimum atomic E-state index is -0.476. The number of rotatable bonds is 4. The van der Waals surface area contributed by atoms with Crippen molar-refractivity contribution in [2.75, 3.05) is 10.6 Å². The molecule has 0 aliphatic heterocycles. The second-order valence-electron chi connectivity index (χ2n) is 4.40. The molecule has 0 saturated heterocycles. The van der Waals surface area contributed by atoms with Gasteiger partial charge in [-0.3, -0.25) is 9.59 Å². The van der Waals surface area contributed by atoms with Crippen molar-refractivity contribution < 1.29 is 9.59 Å². The van der Waals surface area contributed by atoms with Crippen molar-refractivity contribution in [1.82, 2.24) is 0 Å². The lowest BCUT2D eigenvalue weighted by Crippen LogP contribution is -2.21. The van der Waals surface area contributed by atoms with Gasteiger partial charge in [-0.1, -0.05) is 34.8 Å². The third-order valence-corrected chi connectivity index (χ3v) is 3.45. The van der Waals surface area contributed by atoms with E-state index in [1.54, 1.807) is 36.4 Å². The molecule has 2 rings (SSSR count). The van der Waals surface area contributed by atoms with Gasteiger partial charge in [0.15, 0.2) is 0 Å². The zero-order valence-corrected chi connectivity index (χ0v) is 13.5. The number of halogens is 3. The third-order valence-electron chi connectivity index (χ3n) is 2.65. The Kier molecular flexibility index (Phi) is 5.66. The Balaban J connectivity index is 1.91. The molecule has 0 heterocycles. The van der Waals surface area contributed by atoms with Crippen LogP contribution in [0.25, 0.3) is 0 Å². The largest absolute Gasteiger partial charge is 0.326 e. The SMILES string of the molecule is O=C(CC(=O)Nc1ccc(Cl)cc1Cl)Nc1ccc(Cl)cc1. The fourth-order valence-electron chi connectivity index (χ4n) is 1.67. The molecule has 2 aromatic rings. The first-order valence-corrected chi connectivity index (χ1v) is 7.38. The van der Waals surface area contributed by atoms with Crippen LogP contribution in [-0.2, 0) is 9.59 Å². The molecule has 0 aromatic heterocycles. The van der Waals surface area contributed by atoms with Gasteiger partial charge in [0.2, 0.25) is 11.8 Å². The summed E-state index contributed by atoms with van der Waals surface area (Å²) in [5.74, 6) is -0.916. The van der Waals surface area contributed by atoms with E-state index in [-0.39, 0.29) is 6.42 Å². The maximum absolute atomic E-state index is 11.8. The first-order chi connectivity index (χ1) is 10.4. The third kappa shape index (κ3) is 4.91. The van der Waals surface area contributed by atoms with Gasteiger partial charge in [0.25, 0.3) is 0 Å². The molecule has 0 radical (unpaired) electrons. The molecule has 0 spiro atoms. The summed E-state index contributed by atoms with van der Waals surface area (Å²) >= 11 is 17.5. The van der Waals surface area contributed by atoms with Gasteiger partial charge in [0.1, 0.15) is 6.42 Å². The van der Waals surface area contributed by atoms with E-state index >= 15 is 0 Å². The molecule has 0 atom stereocenters. The molecule has 0 bridgehead atoms. The number of amides is 2. The molecular weight excluding hydrogens is 347 g/mol. The Morgan fingerprint density at radius 3 is 2.05 bits per heavy atom. The van der Waals surface area contributed by atoms with Crippen molar-refractivity contribution >= 4 is 58.0 Å². The minimum absolute atomic E-state index is 0.305. The lowest BCUT2D eigenvalue weighted by molar-refractivity contribution is -0.123. The van der Waals surface area contributed by atoms with E-state index in [0.29, 0.717) is 26.4 Å². The van der Waals surface area contributed by atoms with Gasteiger partial charge in [-0.2, -0.15) is 0 Å². The van der Waals surface area contributed by atoms with Crippen LogP contribution in [0.5, 0.6) is 0 Å². The summed E-state index contributed by atoms with van der Waals surface area (Å²) in [6, 6.07) is 11.3. The summed E-state index contributed by atoms with van der Waals surface area (Å²) in [4.78, 5) is 23.6. The lowest BCUT2D eigenvalue weighted by Gasteiger charge is -2.08. The molecule has 22 heavy (non-hydrogen) atoms. The lowest BCUT2D eigenvalue weighted by atomic mass is 10.2. The fraction of sp³-hybridized carbons (Fsp3) is 0.0667. The highest BCUT2D eigenvalue weighted by Crippen LogP contribution is 2.25. The molecule has 2 N–H and O–H groups in total. The van der Waals surface area contributed by atoms with Crippen molar-refractivity contribution in [3.05, 3.63) is 57.5 Å². The average Bonchev–Trinajstić information content (AvgIpc) is 2.44. The average molecular weight is 358 g/mol. The smallest absolute Gasteiger partial charge is 0.233 e. The second kappa shape index (κ2) is 7.49. The van der Waals surface area contributed by atoms with Gasteiger partial charge in [-0.15, -0.1) is 0 Å². The van der Waals surface area contributed by atoms with Gasteiger partial charge in [-0.25, -0.2) is 0 Å². The molecule has 0 aliphatic carbocycles. The van der Waals surface area contributed by atoms with E-state index < -0.39 is 11.8 Å². The van der Waals surface area contributed by atoms with Gasteiger partial charge in [0.05, 0.1) is 10.7 Å². The summed E-state index contributed by atoms with van der Waals surface area (Å²) in [6.45, 7) is 0. The number of hydrogen-bond donors (Lipinski definition) is 2. The summed E-state index contributed by atoms with van der Waals surface area (Å²) in [5.41, 5.74) is 0.960. The molecule has 2 amide bonds. The second-order valence-corrected chi connectivity index (χ2v) is 5.68. The Bertz CT molecular complexity index is 702. The van der Waals surface area contributed by atoms with Crippen LogP contribution >= 0.6 is 34.8 Å². The molecule has 0 saturated carbocycles. The zero-order chi connectivity index (χ0) is 16.1. The highest BCUT2D eigenvalue weighted by Gasteiger charge is 2.11. The summed E-state index contributed by atoms with van der Waals surface area (Å²) in [6.07, 6.45) is -0.332.